The standard InChI is InChI=1S/C16H25N3/c1-12(14-7-5-4-6-8-14)9-10-18-16(17-3)19-15-11-13(15)2/h4-8,12-13,15H,9-11H2,1-3H3,(H2,17,18,19). The summed E-state index contributed by atoms with van der Waals surface area (Å²) in [4.78, 5) is 4.27. The molecule has 0 bridgehead atoms. The molecule has 2 rings (SSSR count). The molecule has 0 spiro atoms. The Balaban J connectivity index is 1.70. The molecule has 0 saturated heterocycles. The molecule has 0 aromatic heterocycles. The van der Waals surface area contributed by atoms with E-state index in [1.807, 2.05) is 7.05 Å². The van der Waals surface area contributed by atoms with Gasteiger partial charge in [-0.25, -0.2) is 0 Å². The van der Waals surface area contributed by atoms with Crippen LogP contribution >= 0.6 is 0 Å². The van der Waals surface area contributed by atoms with E-state index in [0.717, 1.165) is 24.8 Å². The molecule has 1 fully saturated rings. The highest BCUT2D eigenvalue weighted by Crippen LogP contribution is 2.28. The van der Waals surface area contributed by atoms with Crippen molar-refractivity contribution in [1.82, 2.24) is 10.6 Å². The first-order valence-corrected chi connectivity index (χ1v) is 7.23. The number of guanidine groups is 1. The normalized spacial score (nSPS) is 23.8. The van der Waals surface area contributed by atoms with E-state index in [-0.39, 0.29) is 0 Å². The summed E-state index contributed by atoms with van der Waals surface area (Å²) in [6.07, 6.45) is 2.38. The van der Waals surface area contributed by atoms with E-state index in [1.54, 1.807) is 0 Å². The molecule has 1 aliphatic carbocycles. The van der Waals surface area contributed by atoms with Crippen LogP contribution in [-0.4, -0.2) is 25.6 Å². The summed E-state index contributed by atoms with van der Waals surface area (Å²) in [5.74, 6) is 2.31. The van der Waals surface area contributed by atoms with Crippen LogP contribution in [0.15, 0.2) is 35.3 Å². The Hall–Kier alpha value is -1.51. The summed E-state index contributed by atoms with van der Waals surface area (Å²) in [6.45, 7) is 5.50. The highest BCUT2D eigenvalue weighted by molar-refractivity contribution is 5.80. The van der Waals surface area contributed by atoms with Gasteiger partial charge in [-0.3, -0.25) is 4.99 Å². The molecule has 104 valence electrons. The van der Waals surface area contributed by atoms with Crippen molar-refractivity contribution < 1.29 is 0 Å². The van der Waals surface area contributed by atoms with E-state index in [9.17, 15) is 0 Å². The summed E-state index contributed by atoms with van der Waals surface area (Å²) in [7, 11) is 1.84. The zero-order chi connectivity index (χ0) is 13.7. The van der Waals surface area contributed by atoms with Crippen molar-refractivity contribution in [1.29, 1.82) is 0 Å². The predicted molar refractivity (Wildman–Crippen MR) is 81.5 cm³/mol. The molecule has 1 aliphatic rings. The van der Waals surface area contributed by atoms with Gasteiger partial charge in [-0.2, -0.15) is 0 Å². The Bertz CT molecular complexity index is 413. The minimum absolute atomic E-state index is 0.576. The molecule has 2 N–H and O–H groups in total. The zero-order valence-corrected chi connectivity index (χ0v) is 12.2. The van der Waals surface area contributed by atoms with Gasteiger partial charge in [0.1, 0.15) is 0 Å². The molecule has 3 unspecified atom stereocenters. The van der Waals surface area contributed by atoms with E-state index in [0.29, 0.717) is 12.0 Å². The van der Waals surface area contributed by atoms with Crippen molar-refractivity contribution in [2.45, 2.75) is 38.6 Å². The van der Waals surface area contributed by atoms with Crippen LogP contribution in [0.3, 0.4) is 0 Å². The van der Waals surface area contributed by atoms with Crippen molar-refractivity contribution >= 4 is 5.96 Å². The number of rotatable bonds is 5. The van der Waals surface area contributed by atoms with Crippen LogP contribution < -0.4 is 10.6 Å². The predicted octanol–water partition coefficient (Wildman–Crippen LogP) is 2.75. The highest BCUT2D eigenvalue weighted by atomic mass is 15.2. The van der Waals surface area contributed by atoms with Gasteiger partial charge in [-0.15, -0.1) is 0 Å². The summed E-state index contributed by atoms with van der Waals surface area (Å²) >= 11 is 0. The van der Waals surface area contributed by atoms with Gasteiger partial charge in [0, 0.05) is 19.6 Å². The number of benzene rings is 1. The summed E-state index contributed by atoms with van der Waals surface area (Å²) in [5, 5.41) is 6.84. The maximum Gasteiger partial charge on any atom is 0.191 e. The lowest BCUT2D eigenvalue weighted by Crippen LogP contribution is -2.39. The fourth-order valence-corrected chi connectivity index (χ4v) is 2.25. The van der Waals surface area contributed by atoms with Crippen LogP contribution in [0.4, 0.5) is 0 Å². The summed E-state index contributed by atoms with van der Waals surface area (Å²) in [5.41, 5.74) is 1.41. The monoisotopic (exact) mass is 259 g/mol. The van der Waals surface area contributed by atoms with Gasteiger partial charge in [-0.05, 0) is 30.2 Å². The zero-order valence-electron chi connectivity index (χ0n) is 12.2. The summed E-state index contributed by atoms with van der Waals surface area (Å²) in [6, 6.07) is 11.3. The number of hydrogen-bond acceptors (Lipinski definition) is 1. The Morgan fingerprint density at radius 1 is 1.37 bits per heavy atom. The first-order valence-electron chi connectivity index (χ1n) is 7.23. The number of nitrogens with one attached hydrogen (secondary N) is 2. The molecule has 1 aromatic rings. The average Bonchev–Trinajstić information content (AvgIpc) is 3.13. The van der Waals surface area contributed by atoms with Crippen LogP contribution in [0.2, 0.25) is 0 Å². The molecule has 3 nitrogen and oxygen atoms in total. The first-order chi connectivity index (χ1) is 9.20. The fraction of sp³-hybridized carbons (Fsp3) is 0.562. The molecular formula is C16H25N3. The van der Waals surface area contributed by atoms with Gasteiger partial charge in [0.2, 0.25) is 0 Å². The number of aliphatic imine (C=N–C) groups is 1. The maximum atomic E-state index is 4.27. The summed E-state index contributed by atoms with van der Waals surface area (Å²) < 4.78 is 0. The van der Waals surface area contributed by atoms with Gasteiger partial charge < -0.3 is 10.6 Å². The van der Waals surface area contributed by atoms with Crippen LogP contribution in [-0.2, 0) is 0 Å². The van der Waals surface area contributed by atoms with E-state index in [2.05, 4.69) is 59.8 Å². The Labute approximate surface area is 116 Å². The molecule has 1 aromatic carbocycles. The Morgan fingerprint density at radius 2 is 2.05 bits per heavy atom. The molecule has 3 atom stereocenters. The van der Waals surface area contributed by atoms with Crippen LogP contribution in [0, 0.1) is 5.92 Å². The highest BCUT2D eigenvalue weighted by Gasteiger charge is 2.33. The number of hydrogen-bond donors (Lipinski definition) is 2. The quantitative estimate of drug-likeness (QED) is 0.630. The molecule has 0 radical (unpaired) electrons. The third-order valence-corrected chi connectivity index (χ3v) is 3.89. The lowest BCUT2D eigenvalue weighted by Gasteiger charge is -2.15. The minimum Gasteiger partial charge on any atom is -0.356 e. The first kappa shape index (κ1) is 13.9. The largest absolute Gasteiger partial charge is 0.356 e. The fourth-order valence-electron chi connectivity index (χ4n) is 2.25. The molecule has 1 saturated carbocycles. The van der Waals surface area contributed by atoms with Gasteiger partial charge in [0.25, 0.3) is 0 Å². The van der Waals surface area contributed by atoms with Gasteiger partial charge in [-0.1, -0.05) is 44.2 Å². The van der Waals surface area contributed by atoms with Gasteiger partial charge in [0.15, 0.2) is 5.96 Å². The van der Waals surface area contributed by atoms with E-state index >= 15 is 0 Å². The topological polar surface area (TPSA) is 36.4 Å². The average molecular weight is 259 g/mol. The lowest BCUT2D eigenvalue weighted by molar-refractivity contribution is 0.649. The SMILES string of the molecule is CN=C(NCCC(C)c1ccccc1)NC1CC1C. The van der Waals surface area contributed by atoms with E-state index < -0.39 is 0 Å². The molecule has 19 heavy (non-hydrogen) atoms. The second-order valence-electron chi connectivity index (χ2n) is 5.56. The molecule has 3 heteroatoms. The van der Waals surface area contributed by atoms with Crippen molar-refractivity contribution in [3.8, 4) is 0 Å². The van der Waals surface area contributed by atoms with Gasteiger partial charge >= 0.3 is 0 Å². The van der Waals surface area contributed by atoms with Crippen molar-refractivity contribution in [3.05, 3.63) is 35.9 Å². The van der Waals surface area contributed by atoms with E-state index in [4.69, 9.17) is 0 Å². The van der Waals surface area contributed by atoms with Gasteiger partial charge in [0.05, 0.1) is 0 Å². The minimum atomic E-state index is 0.576. The van der Waals surface area contributed by atoms with Crippen molar-refractivity contribution in [2.24, 2.45) is 10.9 Å². The molecule has 0 aliphatic heterocycles. The van der Waals surface area contributed by atoms with Crippen molar-refractivity contribution in [3.63, 3.8) is 0 Å². The van der Waals surface area contributed by atoms with Crippen LogP contribution in [0.1, 0.15) is 38.2 Å². The van der Waals surface area contributed by atoms with Crippen molar-refractivity contribution in [2.75, 3.05) is 13.6 Å². The second kappa shape index (κ2) is 6.60. The van der Waals surface area contributed by atoms with Crippen LogP contribution in [0.25, 0.3) is 0 Å². The smallest absolute Gasteiger partial charge is 0.191 e. The van der Waals surface area contributed by atoms with Crippen LogP contribution in [0.5, 0.6) is 0 Å². The Morgan fingerprint density at radius 3 is 2.63 bits per heavy atom. The number of nitrogens with zero attached hydrogens (tertiary/aromatic N) is 1. The third-order valence-electron chi connectivity index (χ3n) is 3.89. The molecular weight excluding hydrogens is 234 g/mol. The molecule has 0 amide bonds. The Kier molecular flexibility index (Phi) is 4.83. The van der Waals surface area contributed by atoms with E-state index in [1.165, 1.54) is 12.0 Å². The molecule has 0 heterocycles. The second-order valence-corrected chi connectivity index (χ2v) is 5.56. The lowest BCUT2D eigenvalue weighted by atomic mass is 9.98. The maximum absolute atomic E-state index is 4.27. The third kappa shape index (κ3) is 4.27.